The van der Waals surface area contributed by atoms with Crippen molar-refractivity contribution in [3.05, 3.63) is 47.0 Å². The van der Waals surface area contributed by atoms with Gasteiger partial charge < -0.3 is 10.6 Å². The van der Waals surface area contributed by atoms with E-state index in [0.29, 0.717) is 5.92 Å². The van der Waals surface area contributed by atoms with Crippen molar-refractivity contribution in [2.45, 2.75) is 25.3 Å². The largest absolute Gasteiger partial charge is 0.341 e. The number of carbonyl (C=O) groups excluding carboxylic acids is 1. The molecular weight excluding hydrogens is 352 g/mol. The average molecular weight is 374 g/mol. The van der Waals surface area contributed by atoms with Gasteiger partial charge in [0.1, 0.15) is 5.54 Å². The summed E-state index contributed by atoms with van der Waals surface area (Å²) in [7, 11) is 0. The summed E-state index contributed by atoms with van der Waals surface area (Å²) in [6, 6.07) is 7.63. The number of hydrogen-bond donors (Lipinski definition) is 1. The lowest BCUT2D eigenvalue weighted by atomic mass is 9.89. The molecule has 0 radical (unpaired) electrons. The highest BCUT2D eigenvalue weighted by atomic mass is 79.9. The van der Waals surface area contributed by atoms with E-state index in [0.717, 1.165) is 36.0 Å². The van der Waals surface area contributed by atoms with Crippen LogP contribution < -0.4 is 5.73 Å². The van der Waals surface area contributed by atoms with E-state index in [-0.39, 0.29) is 18.3 Å². The molecule has 3 nitrogen and oxygen atoms in total. The number of amides is 1. The quantitative estimate of drug-likeness (QED) is 0.825. The minimum atomic E-state index is -0.971. The molecule has 1 aromatic rings. The molecule has 0 saturated carbocycles. The van der Waals surface area contributed by atoms with Crippen molar-refractivity contribution in [3.8, 4) is 0 Å². The van der Waals surface area contributed by atoms with Gasteiger partial charge in [0.15, 0.2) is 0 Å². The predicted octanol–water partition coefficient (Wildman–Crippen LogP) is 3.47. The van der Waals surface area contributed by atoms with Crippen LogP contribution in [0.1, 0.15) is 25.3 Å². The van der Waals surface area contributed by atoms with E-state index >= 15 is 0 Å². The maximum Gasteiger partial charge on any atom is 0.246 e. The molecule has 1 aliphatic heterocycles. The Morgan fingerprint density at radius 1 is 1.38 bits per heavy atom. The summed E-state index contributed by atoms with van der Waals surface area (Å²) >= 11 is 3.39. The van der Waals surface area contributed by atoms with E-state index < -0.39 is 5.54 Å². The molecule has 0 bridgehead atoms. The number of benzene rings is 1. The fourth-order valence-corrected chi connectivity index (χ4v) is 2.85. The summed E-state index contributed by atoms with van der Waals surface area (Å²) in [6.45, 7) is 7.14. The molecular formula is C16H22BrClN2O. The highest BCUT2D eigenvalue weighted by molar-refractivity contribution is 9.10. The van der Waals surface area contributed by atoms with Gasteiger partial charge in [0, 0.05) is 17.6 Å². The first-order chi connectivity index (χ1) is 9.45. The maximum atomic E-state index is 12.7. The molecule has 2 rings (SSSR count). The molecule has 1 aromatic carbocycles. The molecule has 0 aliphatic carbocycles. The van der Waals surface area contributed by atoms with Crippen molar-refractivity contribution in [1.82, 2.24) is 4.90 Å². The SMILES string of the molecule is C=CC1CCN(C(=O)C(C)(N)c2ccc(Br)cc2)CC1.Cl. The Balaban J connectivity index is 0.00000220. The Morgan fingerprint density at radius 3 is 2.38 bits per heavy atom. The third-order valence-electron chi connectivity index (χ3n) is 4.05. The van der Waals surface area contributed by atoms with Gasteiger partial charge in [-0.15, -0.1) is 19.0 Å². The van der Waals surface area contributed by atoms with Crippen molar-refractivity contribution >= 4 is 34.2 Å². The Morgan fingerprint density at radius 2 is 1.90 bits per heavy atom. The zero-order valence-electron chi connectivity index (χ0n) is 12.2. The number of allylic oxidation sites excluding steroid dienone is 1. The molecule has 1 heterocycles. The molecule has 0 aromatic heterocycles. The topological polar surface area (TPSA) is 46.3 Å². The second kappa shape index (κ2) is 7.43. The maximum absolute atomic E-state index is 12.7. The number of hydrogen-bond acceptors (Lipinski definition) is 2. The zero-order chi connectivity index (χ0) is 14.8. The smallest absolute Gasteiger partial charge is 0.246 e. The first-order valence-corrected chi connectivity index (χ1v) is 7.71. The van der Waals surface area contributed by atoms with Crippen LogP contribution in [0.3, 0.4) is 0 Å². The molecule has 5 heteroatoms. The lowest BCUT2D eigenvalue weighted by Crippen LogP contribution is -2.52. The molecule has 116 valence electrons. The standard InChI is InChI=1S/C16H21BrN2O.ClH/c1-3-12-8-10-19(11-9-12)15(20)16(2,18)13-4-6-14(17)7-5-13;/h3-7,12H,1,8-11,18H2,2H3;1H. The number of nitrogens with two attached hydrogens (primary N) is 1. The fraction of sp³-hybridized carbons (Fsp3) is 0.438. The highest BCUT2D eigenvalue weighted by Gasteiger charge is 2.35. The zero-order valence-corrected chi connectivity index (χ0v) is 14.6. The van der Waals surface area contributed by atoms with Crippen LogP contribution in [0, 0.1) is 5.92 Å². The van der Waals surface area contributed by atoms with E-state index in [9.17, 15) is 4.79 Å². The van der Waals surface area contributed by atoms with Crippen molar-refractivity contribution in [2.75, 3.05) is 13.1 Å². The Labute approximate surface area is 141 Å². The van der Waals surface area contributed by atoms with Crippen molar-refractivity contribution in [1.29, 1.82) is 0 Å². The van der Waals surface area contributed by atoms with Crippen molar-refractivity contribution < 1.29 is 4.79 Å². The molecule has 21 heavy (non-hydrogen) atoms. The van der Waals surface area contributed by atoms with Crippen LogP contribution in [-0.2, 0) is 10.3 Å². The number of likely N-dealkylation sites (tertiary alicyclic amines) is 1. The van der Waals surface area contributed by atoms with Gasteiger partial charge in [-0.3, -0.25) is 4.79 Å². The van der Waals surface area contributed by atoms with Crippen LogP contribution >= 0.6 is 28.3 Å². The van der Waals surface area contributed by atoms with Gasteiger partial charge in [-0.25, -0.2) is 0 Å². The first kappa shape index (κ1) is 18.2. The van der Waals surface area contributed by atoms with Gasteiger partial charge in [0.2, 0.25) is 5.91 Å². The van der Waals surface area contributed by atoms with Crippen LogP contribution in [0.25, 0.3) is 0 Å². The Kier molecular flexibility index (Phi) is 6.44. The molecule has 2 N–H and O–H groups in total. The summed E-state index contributed by atoms with van der Waals surface area (Å²) < 4.78 is 0.983. The summed E-state index contributed by atoms with van der Waals surface area (Å²) in [5.41, 5.74) is 6.18. The lowest BCUT2D eigenvalue weighted by molar-refractivity contribution is -0.138. The highest BCUT2D eigenvalue weighted by Crippen LogP contribution is 2.26. The Hall–Kier alpha value is -0.840. The lowest BCUT2D eigenvalue weighted by Gasteiger charge is -2.36. The van der Waals surface area contributed by atoms with Gasteiger partial charge in [-0.2, -0.15) is 0 Å². The number of rotatable bonds is 3. The van der Waals surface area contributed by atoms with Crippen LogP contribution in [0.2, 0.25) is 0 Å². The second-order valence-corrected chi connectivity index (χ2v) is 6.49. The molecule has 0 spiro atoms. The van der Waals surface area contributed by atoms with E-state index in [4.69, 9.17) is 5.73 Å². The summed E-state index contributed by atoms with van der Waals surface area (Å²) in [6.07, 6.45) is 3.94. The van der Waals surface area contributed by atoms with E-state index in [1.807, 2.05) is 35.2 Å². The Bertz CT molecular complexity index is 494. The van der Waals surface area contributed by atoms with E-state index in [1.165, 1.54) is 0 Å². The van der Waals surface area contributed by atoms with Crippen LogP contribution in [0.15, 0.2) is 41.4 Å². The van der Waals surface area contributed by atoms with Crippen LogP contribution in [0.5, 0.6) is 0 Å². The third kappa shape index (κ3) is 4.09. The molecule has 1 amide bonds. The van der Waals surface area contributed by atoms with E-state index in [2.05, 4.69) is 22.5 Å². The van der Waals surface area contributed by atoms with Crippen LogP contribution in [-0.4, -0.2) is 23.9 Å². The van der Waals surface area contributed by atoms with Crippen molar-refractivity contribution in [3.63, 3.8) is 0 Å². The fourth-order valence-electron chi connectivity index (χ4n) is 2.59. The van der Waals surface area contributed by atoms with Gasteiger partial charge in [-0.05, 0) is 43.4 Å². The third-order valence-corrected chi connectivity index (χ3v) is 4.58. The number of nitrogens with zero attached hydrogens (tertiary/aromatic N) is 1. The van der Waals surface area contributed by atoms with E-state index in [1.54, 1.807) is 6.92 Å². The molecule has 1 unspecified atom stereocenters. The van der Waals surface area contributed by atoms with Crippen LogP contribution in [0.4, 0.5) is 0 Å². The van der Waals surface area contributed by atoms with Gasteiger partial charge in [0.05, 0.1) is 0 Å². The monoisotopic (exact) mass is 372 g/mol. The minimum Gasteiger partial charge on any atom is -0.341 e. The second-order valence-electron chi connectivity index (χ2n) is 5.57. The average Bonchev–Trinajstić information content (AvgIpc) is 2.47. The van der Waals surface area contributed by atoms with Crippen molar-refractivity contribution in [2.24, 2.45) is 11.7 Å². The molecule has 1 aliphatic rings. The van der Waals surface area contributed by atoms with Gasteiger partial charge in [0.25, 0.3) is 0 Å². The first-order valence-electron chi connectivity index (χ1n) is 6.92. The summed E-state index contributed by atoms with van der Waals surface area (Å²) in [4.78, 5) is 14.5. The number of halogens is 2. The normalized spacial score (nSPS) is 18.5. The molecule has 1 saturated heterocycles. The number of piperidine rings is 1. The number of carbonyl (C=O) groups is 1. The molecule has 1 fully saturated rings. The molecule has 1 atom stereocenters. The summed E-state index contributed by atoms with van der Waals surface area (Å²) in [5, 5.41) is 0. The van der Waals surface area contributed by atoms with Gasteiger partial charge in [-0.1, -0.05) is 34.1 Å². The predicted molar refractivity (Wildman–Crippen MR) is 92.4 cm³/mol. The summed E-state index contributed by atoms with van der Waals surface area (Å²) in [5.74, 6) is 0.526. The van der Waals surface area contributed by atoms with Gasteiger partial charge >= 0.3 is 0 Å². The minimum absolute atomic E-state index is 0.